The van der Waals surface area contributed by atoms with Crippen molar-refractivity contribution >= 4 is 35.8 Å². The zero-order valence-corrected chi connectivity index (χ0v) is 19.6. The molecule has 0 radical (unpaired) electrons. The maximum absolute atomic E-state index is 12.5. The van der Waals surface area contributed by atoms with E-state index in [9.17, 15) is 4.79 Å². The first-order chi connectivity index (χ1) is 13.1. The van der Waals surface area contributed by atoms with Gasteiger partial charge in [0, 0.05) is 37.5 Å². The molecule has 1 aromatic rings. The van der Waals surface area contributed by atoms with Crippen LogP contribution in [0.4, 0.5) is 0 Å². The van der Waals surface area contributed by atoms with Gasteiger partial charge in [0.05, 0.1) is 6.54 Å². The standard InChI is InChI=1S/C22H34N4O.HI/c1-3-23-21(24-15-12-20(27)26-16-8-7-9-18(26)2)25-17-22(13-14-22)19-10-5-4-6-11-19;/h4-6,10-11,18H,3,7-9,12-17H2,1-2H3,(H2,23,24,25);1H. The third-order valence-electron chi connectivity index (χ3n) is 5.88. The minimum absolute atomic E-state index is 0. The number of nitrogens with one attached hydrogen (secondary N) is 2. The van der Waals surface area contributed by atoms with Gasteiger partial charge < -0.3 is 15.5 Å². The Hall–Kier alpha value is -1.31. The molecule has 0 spiro atoms. The maximum Gasteiger partial charge on any atom is 0.224 e. The minimum atomic E-state index is 0. The maximum atomic E-state index is 12.5. The smallest absolute Gasteiger partial charge is 0.224 e. The number of carbonyl (C=O) groups excluding carboxylic acids is 1. The second-order valence-corrected chi connectivity index (χ2v) is 7.95. The summed E-state index contributed by atoms with van der Waals surface area (Å²) in [5, 5.41) is 6.66. The first kappa shape index (κ1) is 23.0. The predicted octanol–water partition coefficient (Wildman–Crippen LogP) is 3.68. The number of nitrogens with zero attached hydrogens (tertiary/aromatic N) is 2. The quantitative estimate of drug-likeness (QED) is 0.343. The number of piperidine rings is 1. The predicted molar refractivity (Wildman–Crippen MR) is 126 cm³/mol. The molecule has 1 aliphatic carbocycles. The van der Waals surface area contributed by atoms with Crippen LogP contribution in [0, 0.1) is 0 Å². The average molecular weight is 498 g/mol. The SMILES string of the molecule is CCNC(=NCC1(c2ccccc2)CC1)NCCC(=O)N1CCCCC1C.I. The van der Waals surface area contributed by atoms with Crippen LogP contribution in [0.25, 0.3) is 0 Å². The fourth-order valence-corrected chi connectivity index (χ4v) is 3.95. The van der Waals surface area contributed by atoms with Gasteiger partial charge in [-0.25, -0.2) is 0 Å². The summed E-state index contributed by atoms with van der Waals surface area (Å²) in [4.78, 5) is 19.3. The van der Waals surface area contributed by atoms with E-state index in [-0.39, 0.29) is 35.3 Å². The van der Waals surface area contributed by atoms with Crippen molar-refractivity contribution in [2.24, 2.45) is 4.99 Å². The lowest BCUT2D eigenvalue weighted by Crippen LogP contribution is -2.44. The summed E-state index contributed by atoms with van der Waals surface area (Å²) in [6.45, 7) is 7.39. The van der Waals surface area contributed by atoms with E-state index in [0.29, 0.717) is 19.0 Å². The lowest BCUT2D eigenvalue weighted by Gasteiger charge is -2.33. The van der Waals surface area contributed by atoms with E-state index in [0.717, 1.165) is 38.4 Å². The summed E-state index contributed by atoms with van der Waals surface area (Å²) in [5.41, 5.74) is 1.60. The molecule has 0 aromatic heterocycles. The second kappa shape index (κ2) is 11.0. The molecule has 5 nitrogen and oxygen atoms in total. The van der Waals surface area contributed by atoms with E-state index in [1.807, 2.05) is 4.90 Å². The van der Waals surface area contributed by atoms with Gasteiger partial charge in [0.2, 0.25) is 5.91 Å². The number of guanidine groups is 1. The van der Waals surface area contributed by atoms with E-state index < -0.39 is 0 Å². The van der Waals surface area contributed by atoms with Crippen LogP contribution in [0.2, 0.25) is 0 Å². The molecule has 2 aliphatic rings. The highest BCUT2D eigenvalue weighted by Gasteiger charge is 2.43. The van der Waals surface area contributed by atoms with Crippen LogP contribution in [0.1, 0.15) is 57.9 Å². The number of rotatable bonds is 7. The summed E-state index contributed by atoms with van der Waals surface area (Å²) < 4.78 is 0. The van der Waals surface area contributed by atoms with Gasteiger partial charge in [0.25, 0.3) is 0 Å². The topological polar surface area (TPSA) is 56.7 Å². The monoisotopic (exact) mass is 498 g/mol. The van der Waals surface area contributed by atoms with E-state index in [4.69, 9.17) is 4.99 Å². The largest absolute Gasteiger partial charge is 0.357 e. The van der Waals surface area contributed by atoms with Crippen molar-refractivity contribution in [3.63, 3.8) is 0 Å². The molecule has 1 aliphatic heterocycles. The van der Waals surface area contributed by atoms with Gasteiger partial charge in [0.1, 0.15) is 0 Å². The van der Waals surface area contributed by atoms with Gasteiger partial charge in [-0.3, -0.25) is 9.79 Å². The molecule has 1 atom stereocenters. The van der Waals surface area contributed by atoms with Crippen LogP contribution >= 0.6 is 24.0 Å². The number of amides is 1. The first-order valence-electron chi connectivity index (χ1n) is 10.5. The molecule has 28 heavy (non-hydrogen) atoms. The van der Waals surface area contributed by atoms with Crippen molar-refractivity contribution in [3.05, 3.63) is 35.9 Å². The molecule has 0 bridgehead atoms. The summed E-state index contributed by atoms with van der Waals surface area (Å²) in [6.07, 6.45) is 6.43. The molecule has 1 aromatic carbocycles. The molecular weight excluding hydrogens is 463 g/mol. The Balaban J connectivity index is 0.00000280. The van der Waals surface area contributed by atoms with Crippen molar-refractivity contribution in [3.8, 4) is 0 Å². The number of hydrogen-bond acceptors (Lipinski definition) is 2. The Morgan fingerprint density at radius 1 is 1.21 bits per heavy atom. The summed E-state index contributed by atoms with van der Waals surface area (Å²) >= 11 is 0. The van der Waals surface area contributed by atoms with Gasteiger partial charge >= 0.3 is 0 Å². The summed E-state index contributed by atoms with van der Waals surface area (Å²) in [7, 11) is 0. The summed E-state index contributed by atoms with van der Waals surface area (Å²) in [6, 6.07) is 11.1. The fourth-order valence-electron chi connectivity index (χ4n) is 3.95. The molecule has 2 N–H and O–H groups in total. The lowest BCUT2D eigenvalue weighted by molar-refractivity contribution is -0.134. The van der Waals surface area contributed by atoms with Crippen molar-refractivity contribution in [2.75, 3.05) is 26.2 Å². The number of halogens is 1. The lowest BCUT2D eigenvalue weighted by atomic mass is 9.96. The second-order valence-electron chi connectivity index (χ2n) is 7.95. The van der Waals surface area contributed by atoms with Crippen LogP contribution in [0.5, 0.6) is 0 Å². The highest BCUT2D eigenvalue weighted by Crippen LogP contribution is 2.48. The van der Waals surface area contributed by atoms with Gasteiger partial charge in [-0.15, -0.1) is 24.0 Å². The van der Waals surface area contributed by atoms with Gasteiger partial charge in [0.15, 0.2) is 5.96 Å². The molecular formula is C22H35IN4O. The first-order valence-corrected chi connectivity index (χ1v) is 10.5. The van der Waals surface area contributed by atoms with Crippen molar-refractivity contribution in [1.82, 2.24) is 15.5 Å². The number of carbonyl (C=O) groups is 1. The zero-order valence-electron chi connectivity index (χ0n) is 17.2. The van der Waals surface area contributed by atoms with E-state index in [2.05, 4.69) is 54.8 Å². The third kappa shape index (κ3) is 6.09. The molecule has 2 fully saturated rings. The number of aliphatic imine (C=N–C) groups is 1. The van der Waals surface area contributed by atoms with Crippen molar-refractivity contribution < 1.29 is 4.79 Å². The molecule has 6 heteroatoms. The normalized spacial score (nSPS) is 20.9. The Kier molecular flexibility index (Phi) is 9.05. The van der Waals surface area contributed by atoms with E-state index in [1.54, 1.807) is 0 Å². The Labute approximate surface area is 186 Å². The Morgan fingerprint density at radius 3 is 2.61 bits per heavy atom. The average Bonchev–Trinajstić information content (AvgIpc) is 3.48. The number of benzene rings is 1. The van der Waals surface area contributed by atoms with E-state index in [1.165, 1.54) is 24.8 Å². The zero-order chi connectivity index (χ0) is 19.1. The molecule has 1 unspecified atom stereocenters. The molecule has 156 valence electrons. The van der Waals surface area contributed by atoms with E-state index >= 15 is 0 Å². The fraction of sp³-hybridized carbons (Fsp3) is 0.636. The third-order valence-corrected chi connectivity index (χ3v) is 5.88. The molecule has 1 heterocycles. The Morgan fingerprint density at radius 2 is 1.96 bits per heavy atom. The minimum Gasteiger partial charge on any atom is -0.357 e. The molecule has 1 saturated carbocycles. The Bertz CT molecular complexity index is 645. The van der Waals surface area contributed by atoms with Crippen LogP contribution in [0.15, 0.2) is 35.3 Å². The summed E-state index contributed by atoms with van der Waals surface area (Å²) in [5.74, 6) is 1.08. The number of likely N-dealkylation sites (tertiary alicyclic amines) is 1. The van der Waals surface area contributed by atoms with Crippen LogP contribution in [0.3, 0.4) is 0 Å². The number of hydrogen-bond donors (Lipinski definition) is 2. The van der Waals surface area contributed by atoms with Crippen LogP contribution < -0.4 is 10.6 Å². The highest BCUT2D eigenvalue weighted by molar-refractivity contribution is 14.0. The van der Waals surface area contributed by atoms with Gasteiger partial charge in [-0.05, 0) is 51.5 Å². The van der Waals surface area contributed by atoms with Gasteiger partial charge in [-0.1, -0.05) is 30.3 Å². The molecule has 1 saturated heterocycles. The highest BCUT2D eigenvalue weighted by atomic mass is 127. The molecule has 3 rings (SSSR count). The van der Waals surface area contributed by atoms with Crippen molar-refractivity contribution in [2.45, 2.75) is 63.8 Å². The van der Waals surface area contributed by atoms with Crippen molar-refractivity contribution in [1.29, 1.82) is 0 Å². The van der Waals surface area contributed by atoms with Crippen LogP contribution in [-0.2, 0) is 10.2 Å². The van der Waals surface area contributed by atoms with Gasteiger partial charge in [-0.2, -0.15) is 0 Å². The van der Waals surface area contributed by atoms with Crippen LogP contribution in [-0.4, -0.2) is 49.0 Å². The molecule has 1 amide bonds.